The van der Waals surface area contributed by atoms with Crippen molar-refractivity contribution in [2.45, 2.75) is 19.4 Å². The highest BCUT2D eigenvalue weighted by molar-refractivity contribution is 5.85. The Bertz CT molecular complexity index is 376. The third-order valence-corrected chi connectivity index (χ3v) is 2.56. The number of nitrogens with zero attached hydrogens (tertiary/aromatic N) is 1. The third-order valence-electron chi connectivity index (χ3n) is 2.56. The van der Waals surface area contributed by atoms with Gasteiger partial charge < -0.3 is 10.6 Å². The van der Waals surface area contributed by atoms with Crippen molar-refractivity contribution in [2.24, 2.45) is 5.73 Å². The zero-order valence-corrected chi connectivity index (χ0v) is 9.51. The summed E-state index contributed by atoms with van der Waals surface area (Å²) in [7, 11) is 1.58. The van der Waals surface area contributed by atoms with Crippen LogP contribution in [-0.4, -0.2) is 29.8 Å². The van der Waals surface area contributed by atoms with Crippen molar-refractivity contribution < 1.29 is 9.59 Å². The molecule has 0 fully saturated rings. The van der Waals surface area contributed by atoms with Gasteiger partial charge in [-0.2, -0.15) is 0 Å². The van der Waals surface area contributed by atoms with Crippen LogP contribution in [0.25, 0.3) is 0 Å². The van der Waals surface area contributed by atoms with E-state index in [-0.39, 0.29) is 5.91 Å². The molecule has 0 heterocycles. The van der Waals surface area contributed by atoms with Crippen molar-refractivity contribution in [2.75, 3.05) is 7.05 Å². The van der Waals surface area contributed by atoms with Crippen LogP contribution in [0.1, 0.15) is 12.5 Å². The minimum atomic E-state index is -0.583. The van der Waals surface area contributed by atoms with E-state index >= 15 is 0 Å². The fourth-order valence-corrected chi connectivity index (χ4v) is 1.49. The molecule has 2 N–H and O–H groups in total. The maximum Gasteiger partial charge on any atom is 0.240 e. The van der Waals surface area contributed by atoms with Crippen LogP contribution in [0, 0.1) is 0 Å². The van der Waals surface area contributed by atoms with Crippen molar-refractivity contribution in [1.82, 2.24) is 4.90 Å². The first-order valence-corrected chi connectivity index (χ1v) is 5.09. The fraction of sp³-hybridized carbons (Fsp3) is 0.333. The van der Waals surface area contributed by atoms with Gasteiger partial charge in [0.1, 0.15) is 6.04 Å². The molecule has 4 nitrogen and oxygen atoms in total. The molecule has 0 spiro atoms. The SMILES string of the molecule is CC(=O)N(C)[C@@H](Cc1ccccc1)C(N)=O. The van der Waals surface area contributed by atoms with Gasteiger partial charge in [-0.05, 0) is 5.56 Å². The summed E-state index contributed by atoms with van der Waals surface area (Å²) in [5.74, 6) is -0.652. The lowest BCUT2D eigenvalue weighted by atomic mass is 10.0. The van der Waals surface area contributed by atoms with Gasteiger partial charge in [0, 0.05) is 20.4 Å². The molecular formula is C12H16N2O2. The van der Waals surface area contributed by atoms with Crippen LogP contribution in [-0.2, 0) is 16.0 Å². The zero-order valence-electron chi connectivity index (χ0n) is 9.51. The van der Waals surface area contributed by atoms with Crippen LogP contribution >= 0.6 is 0 Å². The van der Waals surface area contributed by atoms with Gasteiger partial charge >= 0.3 is 0 Å². The smallest absolute Gasteiger partial charge is 0.240 e. The molecule has 1 aromatic carbocycles. The topological polar surface area (TPSA) is 63.4 Å². The van der Waals surface area contributed by atoms with E-state index in [2.05, 4.69) is 0 Å². The van der Waals surface area contributed by atoms with E-state index in [1.165, 1.54) is 11.8 Å². The van der Waals surface area contributed by atoms with E-state index in [9.17, 15) is 9.59 Å². The van der Waals surface area contributed by atoms with Crippen LogP contribution in [0.15, 0.2) is 30.3 Å². The van der Waals surface area contributed by atoms with E-state index in [1.54, 1.807) is 7.05 Å². The predicted molar refractivity (Wildman–Crippen MR) is 61.6 cm³/mol. The molecule has 4 heteroatoms. The third kappa shape index (κ3) is 3.08. The number of hydrogen-bond acceptors (Lipinski definition) is 2. The molecule has 0 unspecified atom stereocenters. The summed E-state index contributed by atoms with van der Waals surface area (Å²) in [6, 6.07) is 8.91. The standard InChI is InChI=1S/C12H16N2O2/c1-9(15)14(2)11(12(13)16)8-10-6-4-3-5-7-10/h3-7,11H,8H2,1-2H3,(H2,13,16)/t11-/m0/s1. The van der Waals surface area contributed by atoms with Crippen molar-refractivity contribution in [3.8, 4) is 0 Å². The second kappa shape index (κ2) is 5.30. The molecule has 0 aliphatic heterocycles. The van der Waals surface area contributed by atoms with Gasteiger partial charge in [0.05, 0.1) is 0 Å². The Balaban J connectivity index is 2.81. The van der Waals surface area contributed by atoms with Gasteiger partial charge in [-0.15, -0.1) is 0 Å². The Kier molecular flexibility index (Phi) is 4.05. The Hall–Kier alpha value is -1.84. The molecule has 1 atom stereocenters. The summed E-state index contributed by atoms with van der Waals surface area (Å²) in [6.45, 7) is 1.42. The molecule has 0 aliphatic carbocycles. The largest absolute Gasteiger partial charge is 0.368 e. The zero-order chi connectivity index (χ0) is 12.1. The molecule has 2 amide bonds. The number of nitrogens with two attached hydrogens (primary N) is 1. The summed E-state index contributed by atoms with van der Waals surface area (Å²) < 4.78 is 0. The number of primary amides is 1. The average Bonchev–Trinajstić information content (AvgIpc) is 2.26. The number of benzene rings is 1. The van der Waals surface area contributed by atoms with Crippen molar-refractivity contribution >= 4 is 11.8 Å². The molecule has 1 aromatic rings. The Morgan fingerprint density at radius 3 is 2.31 bits per heavy atom. The van der Waals surface area contributed by atoms with E-state index in [1.807, 2.05) is 30.3 Å². The van der Waals surface area contributed by atoms with Crippen LogP contribution in [0.3, 0.4) is 0 Å². The quantitative estimate of drug-likeness (QED) is 0.806. The molecule has 0 saturated carbocycles. The fourth-order valence-electron chi connectivity index (χ4n) is 1.49. The van der Waals surface area contributed by atoms with Crippen LogP contribution < -0.4 is 5.73 Å². The normalized spacial score (nSPS) is 11.9. The lowest BCUT2D eigenvalue weighted by molar-refractivity contribution is -0.136. The first kappa shape index (κ1) is 12.2. The van der Waals surface area contributed by atoms with E-state index in [0.29, 0.717) is 6.42 Å². The Morgan fingerprint density at radius 1 is 1.31 bits per heavy atom. The molecule has 16 heavy (non-hydrogen) atoms. The van der Waals surface area contributed by atoms with Crippen LogP contribution in [0.4, 0.5) is 0 Å². The monoisotopic (exact) mass is 220 g/mol. The lowest BCUT2D eigenvalue weighted by Gasteiger charge is -2.24. The highest BCUT2D eigenvalue weighted by Gasteiger charge is 2.22. The summed E-state index contributed by atoms with van der Waals surface area (Å²) in [4.78, 5) is 23.8. The molecule has 0 aliphatic rings. The maximum atomic E-state index is 11.3. The highest BCUT2D eigenvalue weighted by atomic mass is 16.2. The van der Waals surface area contributed by atoms with Gasteiger partial charge in [0.25, 0.3) is 0 Å². The second-order valence-corrected chi connectivity index (χ2v) is 3.74. The first-order valence-electron chi connectivity index (χ1n) is 5.09. The highest BCUT2D eigenvalue weighted by Crippen LogP contribution is 2.07. The van der Waals surface area contributed by atoms with E-state index < -0.39 is 11.9 Å². The first-order chi connectivity index (χ1) is 7.52. The van der Waals surface area contributed by atoms with Gasteiger partial charge in [-0.1, -0.05) is 30.3 Å². The number of likely N-dealkylation sites (N-methyl/N-ethyl adjacent to an activating group) is 1. The van der Waals surface area contributed by atoms with Crippen molar-refractivity contribution in [1.29, 1.82) is 0 Å². The summed E-state index contributed by atoms with van der Waals surface area (Å²) >= 11 is 0. The summed E-state index contributed by atoms with van der Waals surface area (Å²) in [5.41, 5.74) is 6.28. The van der Waals surface area contributed by atoms with Crippen molar-refractivity contribution in [3.05, 3.63) is 35.9 Å². The Morgan fingerprint density at radius 2 is 1.88 bits per heavy atom. The molecule has 0 bridgehead atoms. The average molecular weight is 220 g/mol. The van der Waals surface area contributed by atoms with Gasteiger partial charge in [-0.25, -0.2) is 0 Å². The van der Waals surface area contributed by atoms with Gasteiger partial charge in [0.15, 0.2) is 0 Å². The van der Waals surface area contributed by atoms with Gasteiger partial charge in [-0.3, -0.25) is 9.59 Å². The molecule has 0 aromatic heterocycles. The summed E-state index contributed by atoms with van der Waals surface area (Å²) in [6.07, 6.45) is 0.451. The number of hydrogen-bond donors (Lipinski definition) is 1. The minimum Gasteiger partial charge on any atom is -0.368 e. The number of carbonyl (C=O) groups excluding carboxylic acids is 2. The molecular weight excluding hydrogens is 204 g/mol. The maximum absolute atomic E-state index is 11.3. The number of amides is 2. The predicted octanol–water partition coefficient (Wildman–Crippen LogP) is 0.561. The van der Waals surface area contributed by atoms with Crippen LogP contribution in [0.2, 0.25) is 0 Å². The number of carbonyl (C=O) groups is 2. The van der Waals surface area contributed by atoms with Gasteiger partial charge in [0.2, 0.25) is 11.8 Å². The summed E-state index contributed by atoms with van der Waals surface area (Å²) in [5, 5.41) is 0. The minimum absolute atomic E-state index is 0.167. The van der Waals surface area contributed by atoms with E-state index in [0.717, 1.165) is 5.56 Å². The second-order valence-electron chi connectivity index (χ2n) is 3.74. The molecule has 0 saturated heterocycles. The molecule has 86 valence electrons. The Labute approximate surface area is 95.0 Å². The van der Waals surface area contributed by atoms with Crippen LogP contribution in [0.5, 0.6) is 0 Å². The lowest BCUT2D eigenvalue weighted by Crippen LogP contribution is -2.46. The van der Waals surface area contributed by atoms with E-state index in [4.69, 9.17) is 5.73 Å². The molecule has 1 rings (SSSR count). The number of rotatable bonds is 4. The molecule has 0 radical (unpaired) electrons. The van der Waals surface area contributed by atoms with Crippen molar-refractivity contribution in [3.63, 3.8) is 0 Å².